The van der Waals surface area contributed by atoms with Crippen molar-refractivity contribution in [3.8, 4) is 5.75 Å². The number of methoxy groups -OCH3 is 1. The summed E-state index contributed by atoms with van der Waals surface area (Å²) in [6.07, 6.45) is 6.95. The van der Waals surface area contributed by atoms with E-state index in [0.29, 0.717) is 25.4 Å². The Hall–Kier alpha value is -2.41. The highest BCUT2D eigenvalue weighted by Gasteiger charge is 2.24. The highest BCUT2D eigenvalue weighted by molar-refractivity contribution is 6.04. The van der Waals surface area contributed by atoms with Gasteiger partial charge in [-0.3, -0.25) is 9.59 Å². The standard InChI is InChI=1S/C23H34N4O3/c1-3-19-7-4-5-15-26(19)16-6-14-24-22(28)17-27-23(29)13-12-21(25-27)18-8-10-20(30-2)11-9-18/h8-11,19H,3-7,12-17H2,1-2H3,(H,24,28). The van der Waals surface area contributed by atoms with E-state index in [2.05, 4.69) is 22.2 Å². The number of likely N-dealkylation sites (tertiary alicyclic amines) is 1. The number of hydrogen-bond acceptors (Lipinski definition) is 5. The van der Waals surface area contributed by atoms with Gasteiger partial charge < -0.3 is 15.0 Å². The van der Waals surface area contributed by atoms with Gasteiger partial charge in [0.1, 0.15) is 12.3 Å². The first-order valence-electron chi connectivity index (χ1n) is 11.1. The first-order chi connectivity index (χ1) is 14.6. The average molecular weight is 415 g/mol. The van der Waals surface area contributed by atoms with Gasteiger partial charge in [0.25, 0.3) is 0 Å². The Labute approximate surface area is 179 Å². The third-order valence-electron chi connectivity index (χ3n) is 5.99. The highest BCUT2D eigenvalue weighted by Crippen LogP contribution is 2.20. The number of hydrazone groups is 1. The molecule has 1 aromatic carbocycles. The number of carbonyl (C=O) groups excluding carboxylic acids is 2. The lowest BCUT2D eigenvalue weighted by Crippen LogP contribution is -2.42. The summed E-state index contributed by atoms with van der Waals surface area (Å²) in [7, 11) is 1.63. The minimum absolute atomic E-state index is 0.0280. The van der Waals surface area contributed by atoms with Crippen LogP contribution in [0, 0.1) is 0 Å². The van der Waals surface area contributed by atoms with E-state index in [1.165, 1.54) is 30.7 Å². The maximum Gasteiger partial charge on any atom is 0.243 e. The van der Waals surface area contributed by atoms with Gasteiger partial charge in [-0.1, -0.05) is 13.3 Å². The van der Waals surface area contributed by atoms with Crippen LogP contribution < -0.4 is 10.1 Å². The molecular weight excluding hydrogens is 380 g/mol. The first-order valence-corrected chi connectivity index (χ1v) is 11.1. The van der Waals surface area contributed by atoms with Gasteiger partial charge in [-0.2, -0.15) is 5.10 Å². The molecule has 1 atom stereocenters. The van der Waals surface area contributed by atoms with Crippen LogP contribution in [0.3, 0.4) is 0 Å². The molecule has 30 heavy (non-hydrogen) atoms. The SMILES string of the molecule is CCC1CCCCN1CCCNC(=O)CN1N=C(c2ccc(OC)cc2)CCC1=O. The number of ether oxygens (including phenoxy) is 1. The van der Waals surface area contributed by atoms with Crippen LogP contribution in [0.15, 0.2) is 29.4 Å². The molecule has 0 aliphatic carbocycles. The zero-order valence-corrected chi connectivity index (χ0v) is 18.2. The summed E-state index contributed by atoms with van der Waals surface area (Å²) in [4.78, 5) is 27.1. The van der Waals surface area contributed by atoms with Crippen LogP contribution in [0.2, 0.25) is 0 Å². The fourth-order valence-electron chi connectivity index (χ4n) is 4.23. The van der Waals surface area contributed by atoms with Gasteiger partial charge in [-0.05, 0) is 62.1 Å². The van der Waals surface area contributed by atoms with E-state index in [1.54, 1.807) is 7.11 Å². The van der Waals surface area contributed by atoms with Gasteiger partial charge in [-0.25, -0.2) is 5.01 Å². The second-order valence-electron chi connectivity index (χ2n) is 8.02. The lowest BCUT2D eigenvalue weighted by molar-refractivity contribution is -0.136. The van der Waals surface area contributed by atoms with E-state index < -0.39 is 0 Å². The van der Waals surface area contributed by atoms with Gasteiger partial charge in [0.15, 0.2) is 0 Å². The van der Waals surface area contributed by atoms with Gasteiger partial charge in [0, 0.05) is 32.0 Å². The fraction of sp³-hybridized carbons (Fsp3) is 0.609. The van der Waals surface area contributed by atoms with E-state index >= 15 is 0 Å². The number of hydrogen-bond donors (Lipinski definition) is 1. The van der Waals surface area contributed by atoms with Crippen molar-refractivity contribution in [2.24, 2.45) is 5.10 Å². The van der Waals surface area contributed by atoms with Crippen LogP contribution in [-0.4, -0.2) is 66.8 Å². The molecule has 1 fully saturated rings. The van der Waals surface area contributed by atoms with Gasteiger partial charge in [0.05, 0.1) is 12.8 Å². The molecule has 0 radical (unpaired) electrons. The Bertz CT molecular complexity index is 747. The maximum atomic E-state index is 12.4. The van der Waals surface area contributed by atoms with E-state index in [0.717, 1.165) is 36.5 Å². The third kappa shape index (κ3) is 6.05. The molecule has 0 bridgehead atoms. The van der Waals surface area contributed by atoms with Crippen molar-refractivity contribution in [1.29, 1.82) is 0 Å². The summed E-state index contributed by atoms with van der Waals surface area (Å²) in [6.45, 7) is 5.03. The van der Waals surface area contributed by atoms with Gasteiger partial charge >= 0.3 is 0 Å². The second-order valence-corrected chi connectivity index (χ2v) is 8.02. The van der Waals surface area contributed by atoms with Crippen molar-refractivity contribution < 1.29 is 14.3 Å². The van der Waals surface area contributed by atoms with E-state index in [-0.39, 0.29) is 18.4 Å². The summed E-state index contributed by atoms with van der Waals surface area (Å²) in [6, 6.07) is 8.28. The predicted molar refractivity (Wildman–Crippen MR) is 118 cm³/mol. The average Bonchev–Trinajstić information content (AvgIpc) is 2.78. The van der Waals surface area contributed by atoms with Crippen molar-refractivity contribution in [2.75, 3.05) is 33.3 Å². The van der Waals surface area contributed by atoms with Crippen molar-refractivity contribution in [1.82, 2.24) is 15.2 Å². The Kier molecular flexibility index (Phi) is 8.25. The molecule has 1 N–H and O–H groups in total. The number of rotatable bonds is 9. The lowest BCUT2D eigenvalue weighted by Gasteiger charge is -2.35. The highest BCUT2D eigenvalue weighted by atomic mass is 16.5. The summed E-state index contributed by atoms with van der Waals surface area (Å²) >= 11 is 0. The molecule has 7 nitrogen and oxygen atoms in total. The van der Waals surface area contributed by atoms with E-state index in [4.69, 9.17) is 4.74 Å². The largest absolute Gasteiger partial charge is 0.497 e. The number of piperidine rings is 1. The molecular formula is C23H34N4O3. The molecule has 2 aliphatic heterocycles. The number of nitrogens with zero attached hydrogens (tertiary/aromatic N) is 3. The quantitative estimate of drug-likeness (QED) is 0.631. The topological polar surface area (TPSA) is 74.2 Å². The van der Waals surface area contributed by atoms with E-state index in [9.17, 15) is 9.59 Å². The minimum atomic E-state index is -0.159. The predicted octanol–water partition coefficient (Wildman–Crippen LogP) is 2.79. The minimum Gasteiger partial charge on any atom is -0.497 e. The zero-order chi connectivity index (χ0) is 21.3. The van der Waals surface area contributed by atoms with Crippen LogP contribution in [0.4, 0.5) is 0 Å². The Balaban J connectivity index is 1.46. The molecule has 1 aromatic rings. The fourth-order valence-corrected chi connectivity index (χ4v) is 4.23. The normalized spacial score (nSPS) is 20.1. The molecule has 2 heterocycles. The monoisotopic (exact) mass is 414 g/mol. The van der Waals surface area contributed by atoms with Crippen LogP contribution in [0.1, 0.15) is 57.4 Å². The Morgan fingerprint density at radius 3 is 2.77 bits per heavy atom. The van der Waals surface area contributed by atoms with Crippen molar-refractivity contribution in [2.45, 2.75) is 57.9 Å². The number of benzene rings is 1. The summed E-state index contributed by atoms with van der Waals surface area (Å²) in [5.41, 5.74) is 1.77. The molecule has 2 amide bonds. The van der Waals surface area contributed by atoms with Gasteiger partial charge in [0.2, 0.25) is 11.8 Å². The van der Waals surface area contributed by atoms with Crippen molar-refractivity contribution in [3.63, 3.8) is 0 Å². The summed E-state index contributed by atoms with van der Waals surface area (Å²) in [5, 5.41) is 8.69. The number of carbonyl (C=O) groups is 2. The smallest absolute Gasteiger partial charge is 0.243 e. The second kappa shape index (κ2) is 11.1. The zero-order valence-electron chi connectivity index (χ0n) is 18.2. The maximum absolute atomic E-state index is 12.4. The Morgan fingerprint density at radius 2 is 2.03 bits per heavy atom. The van der Waals surface area contributed by atoms with E-state index in [1.807, 2.05) is 24.3 Å². The molecule has 1 unspecified atom stereocenters. The number of amides is 2. The molecule has 3 rings (SSSR count). The molecule has 0 aromatic heterocycles. The lowest BCUT2D eigenvalue weighted by atomic mass is 10.00. The number of nitrogens with one attached hydrogen (secondary N) is 1. The molecule has 1 saturated heterocycles. The first kappa shape index (κ1) is 22.3. The van der Waals surface area contributed by atoms with Crippen LogP contribution in [0.5, 0.6) is 5.75 Å². The van der Waals surface area contributed by atoms with Crippen LogP contribution in [0.25, 0.3) is 0 Å². The molecule has 7 heteroatoms. The third-order valence-corrected chi connectivity index (χ3v) is 5.99. The van der Waals surface area contributed by atoms with Crippen molar-refractivity contribution >= 4 is 17.5 Å². The van der Waals surface area contributed by atoms with Crippen LogP contribution in [-0.2, 0) is 9.59 Å². The van der Waals surface area contributed by atoms with Crippen LogP contribution >= 0.6 is 0 Å². The Morgan fingerprint density at radius 1 is 1.23 bits per heavy atom. The molecule has 0 spiro atoms. The molecule has 0 saturated carbocycles. The summed E-state index contributed by atoms with van der Waals surface area (Å²) in [5.74, 6) is 0.507. The van der Waals surface area contributed by atoms with Crippen molar-refractivity contribution in [3.05, 3.63) is 29.8 Å². The summed E-state index contributed by atoms with van der Waals surface area (Å²) < 4.78 is 5.18. The molecule has 2 aliphatic rings. The van der Waals surface area contributed by atoms with Gasteiger partial charge in [-0.15, -0.1) is 0 Å². The molecule has 164 valence electrons.